The highest BCUT2D eigenvalue weighted by Crippen LogP contribution is 2.34. The number of carbonyl (C=O) groups excluding carboxylic acids is 2. The Morgan fingerprint density at radius 3 is 2.50 bits per heavy atom. The van der Waals surface area contributed by atoms with Crippen LogP contribution in [0.4, 0.5) is 8.78 Å². The molecule has 2 atom stereocenters. The Morgan fingerprint density at radius 2 is 1.88 bits per heavy atom. The van der Waals surface area contributed by atoms with Crippen molar-refractivity contribution in [1.29, 1.82) is 0 Å². The average Bonchev–Trinajstić information content (AvgIpc) is 3.16. The van der Waals surface area contributed by atoms with Gasteiger partial charge in [-0.2, -0.15) is 0 Å². The van der Waals surface area contributed by atoms with E-state index in [1.165, 1.54) is 23.1 Å². The second kappa shape index (κ2) is 6.04. The Balaban J connectivity index is 1.90. The first kappa shape index (κ1) is 16.1. The summed E-state index contributed by atoms with van der Waals surface area (Å²) in [5.74, 6) is -3.70. The van der Waals surface area contributed by atoms with Crippen LogP contribution < -0.4 is 5.73 Å². The van der Waals surface area contributed by atoms with Crippen molar-refractivity contribution < 1.29 is 27.9 Å². The van der Waals surface area contributed by atoms with Crippen LogP contribution in [0.1, 0.15) is 39.1 Å². The first-order valence-corrected chi connectivity index (χ1v) is 7.20. The molecule has 1 aliphatic rings. The SMILES string of the molecule is NC(=O)c1ccc(C(=O)N2C[C@H](O)C[C@H]2c2ccc(F)c(F)c2)o1. The summed E-state index contributed by atoms with van der Waals surface area (Å²) in [4.78, 5) is 24.9. The molecular weight excluding hydrogens is 322 g/mol. The number of amides is 2. The first-order chi connectivity index (χ1) is 11.4. The lowest BCUT2D eigenvalue weighted by atomic mass is 10.0. The zero-order valence-corrected chi connectivity index (χ0v) is 12.4. The second-order valence-corrected chi connectivity index (χ2v) is 5.56. The molecule has 1 aromatic carbocycles. The molecule has 126 valence electrons. The Hall–Kier alpha value is -2.74. The summed E-state index contributed by atoms with van der Waals surface area (Å²) < 4.78 is 31.7. The summed E-state index contributed by atoms with van der Waals surface area (Å²) >= 11 is 0. The lowest BCUT2D eigenvalue weighted by molar-refractivity contribution is 0.0681. The molecule has 0 unspecified atom stereocenters. The Labute approximate surface area is 135 Å². The summed E-state index contributed by atoms with van der Waals surface area (Å²) in [7, 11) is 0. The molecule has 2 heterocycles. The van der Waals surface area contributed by atoms with Gasteiger partial charge in [-0.25, -0.2) is 8.78 Å². The van der Waals surface area contributed by atoms with E-state index in [1.807, 2.05) is 0 Å². The fourth-order valence-electron chi connectivity index (χ4n) is 2.80. The van der Waals surface area contributed by atoms with Gasteiger partial charge in [0.15, 0.2) is 23.2 Å². The van der Waals surface area contributed by atoms with Gasteiger partial charge >= 0.3 is 0 Å². The normalized spacial score (nSPS) is 20.4. The van der Waals surface area contributed by atoms with Gasteiger partial charge in [-0.05, 0) is 36.2 Å². The van der Waals surface area contributed by atoms with Crippen LogP contribution in [0.5, 0.6) is 0 Å². The van der Waals surface area contributed by atoms with E-state index >= 15 is 0 Å². The monoisotopic (exact) mass is 336 g/mol. The van der Waals surface area contributed by atoms with Gasteiger partial charge in [-0.15, -0.1) is 0 Å². The van der Waals surface area contributed by atoms with Crippen molar-refractivity contribution in [3.05, 3.63) is 59.1 Å². The molecular formula is C16H14F2N2O4. The van der Waals surface area contributed by atoms with Crippen molar-refractivity contribution in [1.82, 2.24) is 4.90 Å². The first-order valence-electron chi connectivity index (χ1n) is 7.20. The van der Waals surface area contributed by atoms with Crippen molar-refractivity contribution in [2.24, 2.45) is 5.73 Å². The molecule has 0 spiro atoms. The van der Waals surface area contributed by atoms with Gasteiger partial charge in [0.2, 0.25) is 0 Å². The maximum absolute atomic E-state index is 13.5. The van der Waals surface area contributed by atoms with Gasteiger partial charge in [0.25, 0.3) is 11.8 Å². The topological polar surface area (TPSA) is 96.8 Å². The molecule has 0 bridgehead atoms. The molecule has 3 N–H and O–H groups in total. The van der Waals surface area contributed by atoms with E-state index < -0.39 is 35.6 Å². The Morgan fingerprint density at radius 1 is 1.17 bits per heavy atom. The van der Waals surface area contributed by atoms with E-state index in [0.29, 0.717) is 5.56 Å². The van der Waals surface area contributed by atoms with Crippen molar-refractivity contribution in [2.45, 2.75) is 18.6 Å². The number of carbonyl (C=O) groups is 2. The molecule has 6 nitrogen and oxygen atoms in total. The van der Waals surface area contributed by atoms with Gasteiger partial charge in [0, 0.05) is 6.54 Å². The molecule has 3 rings (SSSR count). The number of aliphatic hydroxyl groups excluding tert-OH is 1. The molecule has 8 heteroatoms. The molecule has 0 aliphatic carbocycles. The fourth-order valence-corrected chi connectivity index (χ4v) is 2.80. The third-order valence-corrected chi connectivity index (χ3v) is 3.93. The third-order valence-electron chi connectivity index (χ3n) is 3.93. The van der Waals surface area contributed by atoms with E-state index in [4.69, 9.17) is 10.2 Å². The van der Waals surface area contributed by atoms with Gasteiger partial charge in [0.1, 0.15) is 0 Å². The third kappa shape index (κ3) is 2.88. The number of benzene rings is 1. The van der Waals surface area contributed by atoms with Crippen molar-refractivity contribution in [3.8, 4) is 0 Å². The number of nitrogens with zero attached hydrogens (tertiary/aromatic N) is 1. The number of aliphatic hydroxyl groups is 1. The number of hydrogen-bond acceptors (Lipinski definition) is 4. The molecule has 2 amide bonds. The maximum Gasteiger partial charge on any atom is 0.290 e. The number of rotatable bonds is 3. The number of β-amino-alcohol motifs (C(OH)–C–C–N with tert-alkyl or cyclic N) is 1. The lowest BCUT2D eigenvalue weighted by Gasteiger charge is -2.23. The Bertz CT molecular complexity index is 805. The molecule has 2 aromatic rings. The molecule has 1 saturated heterocycles. The number of nitrogens with two attached hydrogens (primary N) is 1. The van der Waals surface area contributed by atoms with Crippen molar-refractivity contribution in [2.75, 3.05) is 6.54 Å². The quantitative estimate of drug-likeness (QED) is 0.890. The zero-order chi connectivity index (χ0) is 17.4. The van der Waals surface area contributed by atoms with Crippen LogP contribution in [0.2, 0.25) is 0 Å². The number of hydrogen-bond donors (Lipinski definition) is 2. The predicted octanol–water partition coefficient (Wildman–Crippen LogP) is 1.60. The van der Waals surface area contributed by atoms with Crippen LogP contribution in [0, 0.1) is 11.6 Å². The fraction of sp³-hybridized carbons (Fsp3) is 0.250. The highest BCUT2D eigenvalue weighted by Gasteiger charge is 2.37. The molecule has 1 fully saturated rings. The minimum Gasteiger partial charge on any atom is -0.446 e. The highest BCUT2D eigenvalue weighted by atomic mass is 19.2. The smallest absolute Gasteiger partial charge is 0.290 e. The second-order valence-electron chi connectivity index (χ2n) is 5.56. The van der Waals surface area contributed by atoms with Crippen LogP contribution in [0.25, 0.3) is 0 Å². The van der Waals surface area contributed by atoms with Crippen molar-refractivity contribution in [3.63, 3.8) is 0 Å². The zero-order valence-electron chi connectivity index (χ0n) is 12.4. The largest absolute Gasteiger partial charge is 0.446 e. The minimum atomic E-state index is -1.03. The summed E-state index contributed by atoms with van der Waals surface area (Å²) in [6, 6.07) is 5.26. The van der Waals surface area contributed by atoms with Gasteiger partial charge in [-0.1, -0.05) is 6.07 Å². The standard InChI is InChI=1S/C16H14F2N2O4/c17-10-2-1-8(5-11(10)18)12-6-9(21)7-20(12)16(23)14-4-3-13(24-14)15(19)22/h1-5,9,12,21H,6-7H2,(H2,19,22)/t9-,12+/m1/s1. The number of halogens is 2. The summed E-state index contributed by atoms with van der Waals surface area (Å²) in [6.07, 6.45) is -0.627. The van der Waals surface area contributed by atoms with Crippen LogP contribution in [-0.4, -0.2) is 34.5 Å². The molecule has 0 radical (unpaired) electrons. The van der Waals surface area contributed by atoms with Crippen LogP contribution >= 0.6 is 0 Å². The van der Waals surface area contributed by atoms with Gasteiger partial charge in [0.05, 0.1) is 12.1 Å². The van der Waals surface area contributed by atoms with Crippen LogP contribution in [0.3, 0.4) is 0 Å². The summed E-state index contributed by atoms with van der Waals surface area (Å²) in [5, 5.41) is 9.88. The van der Waals surface area contributed by atoms with Gasteiger partial charge < -0.3 is 20.2 Å². The number of primary amides is 1. The van der Waals surface area contributed by atoms with E-state index in [-0.39, 0.29) is 24.5 Å². The predicted molar refractivity (Wildman–Crippen MR) is 78.0 cm³/mol. The molecule has 24 heavy (non-hydrogen) atoms. The Kier molecular flexibility index (Phi) is 4.06. The molecule has 1 aromatic heterocycles. The van der Waals surface area contributed by atoms with Gasteiger partial charge in [-0.3, -0.25) is 9.59 Å². The molecule has 1 aliphatic heterocycles. The summed E-state index contributed by atoms with van der Waals surface area (Å²) in [6.45, 7) is 0.00903. The van der Waals surface area contributed by atoms with E-state index in [0.717, 1.165) is 12.1 Å². The van der Waals surface area contributed by atoms with E-state index in [9.17, 15) is 23.5 Å². The van der Waals surface area contributed by atoms with Crippen LogP contribution in [-0.2, 0) is 0 Å². The molecule has 0 saturated carbocycles. The van der Waals surface area contributed by atoms with E-state index in [2.05, 4.69) is 0 Å². The maximum atomic E-state index is 13.5. The van der Waals surface area contributed by atoms with Crippen LogP contribution in [0.15, 0.2) is 34.7 Å². The average molecular weight is 336 g/mol. The number of furan rings is 1. The minimum absolute atomic E-state index is 0.00903. The summed E-state index contributed by atoms with van der Waals surface area (Å²) in [5.41, 5.74) is 5.44. The lowest BCUT2D eigenvalue weighted by Crippen LogP contribution is -2.31. The number of likely N-dealkylation sites (tertiary alicyclic amines) is 1. The van der Waals surface area contributed by atoms with Crippen molar-refractivity contribution >= 4 is 11.8 Å². The highest BCUT2D eigenvalue weighted by molar-refractivity contribution is 5.95. The van der Waals surface area contributed by atoms with E-state index in [1.54, 1.807) is 0 Å².